The van der Waals surface area contributed by atoms with Crippen LogP contribution in [0, 0.1) is 5.41 Å². The third-order valence-electron chi connectivity index (χ3n) is 4.42. The van der Waals surface area contributed by atoms with Crippen molar-refractivity contribution in [2.24, 2.45) is 5.41 Å². The number of carboxylic acids is 1. The summed E-state index contributed by atoms with van der Waals surface area (Å²) in [4.78, 5) is 11.9. The molecule has 0 aromatic heterocycles. The van der Waals surface area contributed by atoms with E-state index in [2.05, 4.69) is 51.1 Å². The van der Waals surface area contributed by atoms with Crippen LogP contribution in [0.5, 0.6) is 0 Å². The van der Waals surface area contributed by atoms with Crippen molar-refractivity contribution >= 4 is 22.3 Å². The van der Waals surface area contributed by atoms with Gasteiger partial charge in [0.15, 0.2) is 0 Å². The highest BCUT2D eigenvalue weighted by Crippen LogP contribution is 2.37. The Labute approximate surface area is 154 Å². The molecule has 0 amide bonds. The summed E-state index contributed by atoms with van der Waals surface area (Å²) in [5.41, 5.74) is 4.10. The monoisotopic (exact) mass is 344 g/mol. The van der Waals surface area contributed by atoms with Gasteiger partial charge in [0.05, 0.1) is 5.56 Å². The van der Waals surface area contributed by atoms with E-state index in [-0.39, 0.29) is 5.41 Å². The van der Waals surface area contributed by atoms with Gasteiger partial charge in [0, 0.05) is 0 Å². The number of hydrogen-bond acceptors (Lipinski definition) is 1. The summed E-state index contributed by atoms with van der Waals surface area (Å²) in [7, 11) is 0. The minimum atomic E-state index is -0.899. The maximum absolute atomic E-state index is 11.9. The Balaban J connectivity index is 2.37. The summed E-state index contributed by atoms with van der Waals surface area (Å²) < 4.78 is 0. The Morgan fingerprint density at radius 2 is 1.50 bits per heavy atom. The molecular formula is C24H24O2. The number of allylic oxidation sites excluding steroid dienone is 2. The van der Waals surface area contributed by atoms with Gasteiger partial charge in [0.2, 0.25) is 0 Å². The van der Waals surface area contributed by atoms with E-state index in [0.29, 0.717) is 5.56 Å². The number of fused-ring (bicyclic) bond motifs is 1. The second-order valence-electron chi connectivity index (χ2n) is 7.75. The lowest BCUT2D eigenvalue weighted by Crippen LogP contribution is -2.06. The molecule has 3 rings (SSSR count). The molecule has 2 nitrogen and oxygen atoms in total. The normalized spacial score (nSPS) is 12.4. The number of hydrogen-bond donors (Lipinski definition) is 1. The highest BCUT2D eigenvalue weighted by molar-refractivity contribution is 6.03. The van der Waals surface area contributed by atoms with E-state index in [9.17, 15) is 9.90 Å². The first-order valence-corrected chi connectivity index (χ1v) is 8.82. The fourth-order valence-corrected chi connectivity index (χ4v) is 3.56. The number of carboxylic acid groups (broad SMARTS) is 1. The Bertz CT molecular complexity index is 999. The van der Waals surface area contributed by atoms with Gasteiger partial charge in [0.1, 0.15) is 0 Å². The first kappa shape index (κ1) is 17.9. The van der Waals surface area contributed by atoms with E-state index < -0.39 is 5.97 Å². The molecule has 0 aliphatic carbocycles. The van der Waals surface area contributed by atoms with Crippen molar-refractivity contribution in [3.63, 3.8) is 0 Å². The Morgan fingerprint density at radius 3 is 2.19 bits per heavy atom. The zero-order chi connectivity index (χ0) is 18.9. The van der Waals surface area contributed by atoms with Gasteiger partial charge < -0.3 is 5.11 Å². The van der Waals surface area contributed by atoms with Gasteiger partial charge in [-0.15, -0.1) is 0 Å². The van der Waals surface area contributed by atoms with Crippen molar-refractivity contribution < 1.29 is 9.90 Å². The summed E-state index contributed by atoms with van der Waals surface area (Å²) in [5.74, 6) is -0.899. The van der Waals surface area contributed by atoms with Crippen LogP contribution in [-0.2, 0) is 0 Å². The average molecular weight is 344 g/mol. The molecular weight excluding hydrogens is 320 g/mol. The van der Waals surface area contributed by atoms with Crippen molar-refractivity contribution in [3.8, 4) is 11.1 Å². The summed E-state index contributed by atoms with van der Waals surface area (Å²) in [6, 6.07) is 19.9. The van der Waals surface area contributed by atoms with Crippen molar-refractivity contribution in [2.75, 3.05) is 0 Å². The molecule has 0 fully saturated rings. The molecule has 3 aromatic carbocycles. The van der Waals surface area contributed by atoms with Gasteiger partial charge in [-0.05, 0) is 51.4 Å². The van der Waals surface area contributed by atoms with Crippen molar-refractivity contribution in [1.82, 2.24) is 0 Å². The lowest BCUT2D eigenvalue weighted by Gasteiger charge is -2.19. The van der Waals surface area contributed by atoms with Crippen molar-refractivity contribution in [3.05, 3.63) is 77.9 Å². The molecule has 0 atom stereocenters. The van der Waals surface area contributed by atoms with Gasteiger partial charge in [-0.1, -0.05) is 81.4 Å². The smallest absolute Gasteiger partial charge is 0.336 e. The molecule has 0 radical (unpaired) electrons. The highest BCUT2D eigenvalue weighted by Gasteiger charge is 2.19. The third kappa shape index (κ3) is 3.55. The lowest BCUT2D eigenvalue weighted by atomic mass is 9.85. The topological polar surface area (TPSA) is 37.3 Å². The van der Waals surface area contributed by atoms with Crippen LogP contribution < -0.4 is 0 Å². The zero-order valence-corrected chi connectivity index (χ0v) is 15.7. The molecule has 0 aliphatic heterocycles. The molecule has 2 heteroatoms. The summed E-state index contributed by atoms with van der Waals surface area (Å²) >= 11 is 0. The van der Waals surface area contributed by atoms with Crippen LogP contribution in [-0.4, -0.2) is 11.1 Å². The van der Waals surface area contributed by atoms with Crippen LogP contribution in [0.2, 0.25) is 0 Å². The lowest BCUT2D eigenvalue weighted by molar-refractivity contribution is 0.0696. The molecule has 3 aromatic rings. The van der Waals surface area contributed by atoms with Crippen LogP contribution >= 0.6 is 0 Å². The number of rotatable bonds is 3. The molecule has 0 spiro atoms. The van der Waals surface area contributed by atoms with Crippen molar-refractivity contribution in [2.45, 2.75) is 27.7 Å². The van der Waals surface area contributed by atoms with E-state index in [4.69, 9.17) is 0 Å². The maximum atomic E-state index is 11.9. The van der Waals surface area contributed by atoms with Gasteiger partial charge in [-0.2, -0.15) is 0 Å². The van der Waals surface area contributed by atoms with Crippen LogP contribution in [0.25, 0.3) is 27.5 Å². The maximum Gasteiger partial charge on any atom is 0.336 e. The number of carbonyl (C=O) groups is 1. The van der Waals surface area contributed by atoms with E-state index in [1.807, 2.05) is 37.3 Å². The Hall–Kier alpha value is -2.87. The van der Waals surface area contributed by atoms with E-state index in [1.54, 1.807) is 6.07 Å². The quantitative estimate of drug-likeness (QED) is 0.577. The number of benzene rings is 3. The molecule has 0 bridgehead atoms. The minimum Gasteiger partial charge on any atom is -0.478 e. The van der Waals surface area contributed by atoms with E-state index in [0.717, 1.165) is 33.0 Å². The molecule has 0 heterocycles. The van der Waals surface area contributed by atoms with E-state index >= 15 is 0 Å². The summed E-state index contributed by atoms with van der Waals surface area (Å²) in [5, 5.41) is 12.0. The van der Waals surface area contributed by atoms with Crippen LogP contribution in [0.15, 0.2) is 66.7 Å². The van der Waals surface area contributed by atoms with Gasteiger partial charge in [-0.25, -0.2) is 4.79 Å². The molecule has 0 aliphatic rings. The Morgan fingerprint density at radius 1 is 0.885 bits per heavy atom. The van der Waals surface area contributed by atoms with E-state index in [1.165, 1.54) is 0 Å². The van der Waals surface area contributed by atoms with Crippen molar-refractivity contribution in [1.29, 1.82) is 0 Å². The standard InChI is InChI=1S/C24H24O2/c1-16(15-24(2,3)4)22-20(13-8-14-21(22)23(25)26)19-12-7-10-17-9-5-6-11-18(17)19/h5-15H,1-4H3,(H,25,26). The molecule has 26 heavy (non-hydrogen) atoms. The third-order valence-corrected chi connectivity index (χ3v) is 4.42. The zero-order valence-electron chi connectivity index (χ0n) is 15.7. The second-order valence-corrected chi connectivity index (χ2v) is 7.75. The fraction of sp³-hybridized carbons (Fsp3) is 0.208. The molecule has 0 saturated carbocycles. The first-order chi connectivity index (χ1) is 12.3. The SMILES string of the molecule is CC(=CC(C)(C)C)c1c(C(=O)O)cccc1-c1cccc2ccccc12. The number of aromatic carboxylic acids is 1. The molecule has 1 N–H and O–H groups in total. The highest BCUT2D eigenvalue weighted by atomic mass is 16.4. The van der Waals surface area contributed by atoms with Gasteiger partial charge >= 0.3 is 5.97 Å². The van der Waals surface area contributed by atoms with Gasteiger partial charge in [-0.3, -0.25) is 0 Å². The Kier molecular flexibility index (Phi) is 4.69. The van der Waals surface area contributed by atoms with Gasteiger partial charge in [0.25, 0.3) is 0 Å². The summed E-state index contributed by atoms with van der Waals surface area (Å²) in [6.07, 6.45) is 2.14. The molecule has 132 valence electrons. The summed E-state index contributed by atoms with van der Waals surface area (Å²) in [6.45, 7) is 8.37. The minimum absolute atomic E-state index is 0.0360. The largest absolute Gasteiger partial charge is 0.478 e. The molecule has 0 saturated heterocycles. The predicted octanol–water partition coefficient (Wildman–Crippen LogP) is 6.65. The first-order valence-electron chi connectivity index (χ1n) is 8.82. The van der Waals surface area contributed by atoms with Crippen LogP contribution in [0.4, 0.5) is 0 Å². The van der Waals surface area contributed by atoms with Crippen LogP contribution in [0.1, 0.15) is 43.6 Å². The molecule has 0 unspecified atom stereocenters. The fourth-order valence-electron chi connectivity index (χ4n) is 3.56. The second kappa shape index (κ2) is 6.80. The predicted molar refractivity (Wildman–Crippen MR) is 109 cm³/mol. The average Bonchev–Trinajstić information content (AvgIpc) is 2.59. The van der Waals surface area contributed by atoms with Crippen LogP contribution in [0.3, 0.4) is 0 Å².